The second-order valence-electron chi connectivity index (χ2n) is 7.56. The number of hydrogen-bond acceptors (Lipinski definition) is 5. The van der Waals surface area contributed by atoms with E-state index >= 15 is 0 Å². The van der Waals surface area contributed by atoms with E-state index in [4.69, 9.17) is 0 Å². The average Bonchev–Trinajstić information content (AvgIpc) is 3.19. The lowest BCUT2D eigenvalue weighted by Gasteiger charge is -2.21. The first-order chi connectivity index (χ1) is 14.6. The van der Waals surface area contributed by atoms with Crippen molar-refractivity contribution in [1.82, 2.24) is 15.0 Å². The summed E-state index contributed by atoms with van der Waals surface area (Å²) in [5.41, 5.74) is 1.17. The number of nitrogens with one attached hydrogen (secondary N) is 1. The van der Waals surface area contributed by atoms with Crippen LogP contribution in [0.4, 0.5) is 18.9 Å². The maximum atomic E-state index is 12.4. The molecule has 1 N–H and O–H groups in total. The van der Waals surface area contributed by atoms with Crippen LogP contribution in [0.1, 0.15) is 68.0 Å². The Morgan fingerprint density at radius 3 is 2.32 bits per heavy atom. The zero-order valence-electron chi connectivity index (χ0n) is 17.8. The Labute approximate surface area is 179 Å². The lowest BCUT2D eigenvalue weighted by Crippen LogP contribution is -2.32. The molecule has 2 aromatic rings. The molecule has 1 aromatic heterocycles. The number of benzene rings is 1. The smallest absolute Gasteiger partial charge is 0.339 e. The van der Waals surface area contributed by atoms with E-state index in [1.54, 1.807) is 36.2 Å². The van der Waals surface area contributed by atoms with Crippen molar-refractivity contribution in [3.63, 3.8) is 0 Å². The number of hydrogen-bond donors (Lipinski definition) is 1. The van der Waals surface area contributed by atoms with Gasteiger partial charge in [0.1, 0.15) is 0 Å². The lowest BCUT2D eigenvalue weighted by atomic mass is 10.1. The largest absolute Gasteiger partial charge is 0.471 e. The normalized spacial score (nSPS) is 11.6. The molecule has 0 aliphatic heterocycles. The molecule has 0 unspecified atom stereocenters. The van der Waals surface area contributed by atoms with Gasteiger partial charge in [-0.25, -0.2) is 0 Å². The number of unbranched alkanes of at least 4 members (excludes halogenated alkanes) is 3. The predicted molar refractivity (Wildman–Crippen MR) is 108 cm³/mol. The fraction of sp³-hybridized carbons (Fsp3) is 0.524. The first-order valence-corrected chi connectivity index (χ1v) is 10.1. The summed E-state index contributed by atoms with van der Waals surface area (Å²) in [6, 6.07) is 6.84. The summed E-state index contributed by atoms with van der Waals surface area (Å²) in [6.45, 7) is 3.86. The van der Waals surface area contributed by atoms with Crippen molar-refractivity contribution in [3.05, 3.63) is 41.5 Å². The van der Waals surface area contributed by atoms with Gasteiger partial charge in [0.25, 0.3) is 5.91 Å². The lowest BCUT2D eigenvalue weighted by molar-refractivity contribution is -0.159. The molecule has 0 aliphatic rings. The van der Waals surface area contributed by atoms with Gasteiger partial charge < -0.3 is 14.7 Å². The molecule has 0 atom stereocenters. The molecule has 0 fully saturated rings. The van der Waals surface area contributed by atoms with Crippen molar-refractivity contribution < 1.29 is 27.3 Å². The predicted octanol–water partition coefficient (Wildman–Crippen LogP) is 4.70. The summed E-state index contributed by atoms with van der Waals surface area (Å²) in [5.74, 6) is -1.51. The van der Waals surface area contributed by atoms with E-state index in [0.717, 1.165) is 12.8 Å². The maximum Gasteiger partial charge on any atom is 0.471 e. The van der Waals surface area contributed by atoms with Gasteiger partial charge in [0.05, 0.1) is 0 Å². The minimum Gasteiger partial charge on any atom is -0.339 e. The van der Waals surface area contributed by atoms with Gasteiger partial charge in [-0.1, -0.05) is 18.0 Å². The van der Waals surface area contributed by atoms with E-state index in [1.165, 1.54) is 0 Å². The highest BCUT2D eigenvalue weighted by Gasteiger charge is 2.38. The molecular weight excluding hydrogens is 413 g/mol. The van der Waals surface area contributed by atoms with Crippen molar-refractivity contribution in [2.24, 2.45) is 0 Å². The van der Waals surface area contributed by atoms with Crippen molar-refractivity contribution in [2.45, 2.75) is 64.6 Å². The number of amides is 2. The number of carbonyl (C=O) groups is 2. The third kappa shape index (κ3) is 7.69. The molecule has 31 heavy (non-hydrogen) atoms. The molecule has 1 aromatic carbocycles. The number of rotatable bonds is 10. The summed E-state index contributed by atoms with van der Waals surface area (Å²) < 4.78 is 41.3. The molecule has 0 saturated carbocycles. The molecule has 10 heteroatoms. The Kier molecular flexibility index (Phi) is 8.58. The Hall–Kier alpha value is -2.91. The molecule has 0 radical (unpaired) electrons. The van der Waals surface area contributed by atoms with Gasteiger partial charge in [0.15, 0.2) is 5.82 Å². The van der Waals surface area contributed by atoms with E-state index in [2.05, 4.69) is 20.0 Å². The number of aryl methyl sites for hydroxylation is 1. The number of anilines is 1. The van der Waals surface area contributed by atoms with Gasteiger partial charge in [-0.3, -0.25) is 9.59 Å². The van der Waals surface area contributed by atoms with Gasteiger partial charge in [-0.05, 0) is 51.0 Å². The van der Waals surface area contributed by atoms with Crippen LogP contribution in [0.25, 0.3) is 0 Å². The molecule has 1 heterocycles. The van der Waals surface area contributed by atoms with Crippen LogP contribution in [0.3, 0.4) is 0 Å². The fourth-order valence-electron chi connectivity index (χ4n) is 2.75. The first-order valence-electron chi connectivity index (χ1n) is 10.1. The van der Waals surface area contributed by atoms with E-state index in [9.17, 15) is 22.8 Å². The number of aromatic nitrogens is 2. The standard InChI is InChI=1S/C21H27F3N4O3/c1-14(2)28(3)19(30)15-10-12-16(13-11-15)25-18(29)9-7-5-4-6-8-17-26-20(31-27-17)21(22,23)24/h10-14H,4-9H2,1-3H3,(H,25,29). The van der Waals surface area contributed by atoms with Gasteiger partial charge in [0, 0.05) is 37.2 Å². The Bertz CT molecular complexity index is 864. The number of carbonyl (C=O) groups excluding carboxylic acids is 2. The minimum absolute atomic E-state index is 0.0339. The summed E-state index contributed by atoms with van der Waals surface area (Å²) in [6.07, 6.45) is -1.24. The van der Waals surface area contributed by atoms with Crippen LogP contribution in [-0.2, 0) is 17.4 Å². The SMILES string of the molecule is CC(C)N(C)C(=O)c1ccc(NC(=O)CCCCCCc2noc(C(F)(F)F)n2)cc1. The molecule has 0 spiro atoms. The highest BCUT2D eigenvalue weighted by molar-refractivity contribution is 5.95. The van der Waals surface area contributed by atoms with Crippen LogP contribution in [0.2, 0.25) is 0 Å². The van der Waals surface area contributed by atoms with Gasteiger partial charge in [-0.15, -0.1) is 0 Å². The van der Waals surface area contributed by atoms with E-state index < -0.39 is 12.1 Å². The monoisotopic (exact) mass is 440 g/mol. The Balaban J connectivity index is 1.65. The average molecular weight is 440 g/mol. The van der Waals surface area contributed by atoms with Crippen molar-refractivity contribution in [1.29, 1.82) is 0 Å². The summed E-state index contributed by atoms with van der Waals surface area (Å²) in [5, 5.41) is 6.11. The van der Waals surface area contributed by atoms with Crippen LogP contribution in [0.15, 0.2) is 28.8 Å². The second kappa shape index (κ2) is 10.9. The van der Waals surface area contributed by atoms with E-state index in [0.29, 0.717) is 36.9 Å². The Morgan fingerprint density at radius 1 is 1.10 bits per heavy atom. The van der Waals surface area contributed by atoms with Crippen molar-refractivity contribution in [2.75, 3.05) is 12.4 Å². The van der Waals surface area contributed by atoms with E-state index in [-0.39, 0.29) is 23.7 Å². The van der Waals surface area contributed by atoms with Gasteiger partial charge in [-0.2, -0.15) is 18.2 Å². The number of nitrogens with zero attached hydrogens (tertiary/aromatic N) is 3. The summed E-state index contributed by atoms with van der Waals surface area (Å²) in [7, 11) is 1.74. The molecule has 0 bridgehead atoms. The summed E-state index contributed by atoms with van der Waals surface area (Å²) in [4.78, 5) is 29.3. The highest BCUT2D eigenvalue weighted by Crippen LogP contribution is 2.27. The first kappa shape index (κ1) is 24.4. The van der Waals surface area contributed by atoms with Crippen LogP contribution in [-0.4, -0.2) is 39.9 Å². The van der Waals surface area contributed by atoms with Crippen LogP contribution < -0.4 is 5.32 Å². The quantitative estimate of drug-likeness (QED) is 0.541. The molecule has 170 valence electrons. The van der Waals surface area contributed by atoms with E-state index in [1.807, 2.05) is 13.8 Å². The minimum atomic E-state index is -4.63. The molecule has 0 aliphatic carbocycles. The van der Waals surface area contributed by atoms with Gasteiger partial charge >= 0.3 is 12.1 Å². The zero-order chi connectivity index (χ0) is 23.0. The van der Waals surface area contributed by atoms with Crippen LogP contribution in [0, 0.1) is 0 Å². The molecule has 2 rings (SSSR count). The fourth-order valence-corrected chi connectivity index (χ4v) is 2.75. The number of alkyl halides is 3. The van der Waals surface area contributed by atoms with Crippen LogP contribution in [0.5, 0.6) is 0 Å². The molecule has 2 amide bonds. The topological polar surface area (TPSA) is 88.3 Å². The third-order valence-corrected chi connectivity index (χ3v) is 4.78. The molecular formula is C21H27F3N4O3. The highest BCUT2D eigenvalue weighted by atomic mass is 19.4. The van der Waals surface area contributed by atoms with Gasteiger partial charge in [0.2, 0.25) is 5.91 Å². The second-order valence-corrected chi connectivity index (χ2v) is 7.56. The maximum absolute atomic E-state index is 12.4. The van der Waals surface area contributed by atoms with Crippen molar-refractivity contribution >= 4 is 17.5 Å². The Morgan fingerprint density at radius 2 is 1.74 bits per heavy atom. The van der Waals surface area contributed by atoms with Crippen molar-refractivity contribution in [3.8, 4) is 0 Å². The summed E-state index contributed by atoms with van der Waals surface area (Å²) >= 11 is 0. The van der Waals surface area contributed by atoms with Crippen LogP contribution >= 0.6 is 0 Å². The molecule has 0 saturated heterocycles. The number of halogens is 3. The third-order valence-electron chi connectivity index (χ3n) is 4.78. The molecule has 7 nitrogen and oxygen atoms in total. The zero-order valence-corrected chi connectivity index (χ0v) is 17.8.